The van der Waals surface area contributed by atoms with Crippen molar-refractivity contribution >= 4 is 49.8 Å². The molecule has 1 aromatic heterocycles. The summed E-state index contributed by atoms with van der Waals surface area (Å²) in [7, 11) is 0. The van der Waals surface area contributed by atoms with Crippen LogP contribution in [0.3, 0.4) is 0 Å². The summed E-state index contributed by atoms with van der Waals surface area (Å²) >= 11 is 0. The number of rotatable bonds is 4. The third-order valence-electron chi connectivity index (χ3n) is 9.68. The Morgan fingerprint density at radius 1 is 0.467 bits per heavy atom. The molecule has 0 atom stereocenters. The summed E-state index contributed by atoms with van der Waals surface area (Å²) in [6, 6.07) is 54.7. The van der Waals surface area contributed by atoms with Crippen molar-refractivity contribution in [3.05, 3.63) is 163 Å². The Kier molecular flexibility index (Phi) is 5.58. The average Bonchev–Trinajstić information content (AvgIpc) is 3.58. The quantitative estimate of drug-likeness (QED) is 0.207. The first kappa shape index (κ1) is 25.9. The van der Waals surface area contributed by atoms with Gasteiger partial charge in [0.15, 0.2) is 0 Å². The fraction of sp³-hybridized carbons (Fsp3) is 0.0698. The van der Waals surface area contributed by atoms with Gasteiger partial charge in [0.1, 0.15) is 11.2 Å². The fourth-order valence-electron chi connectivity index (χ4n) is 7.41. The summed E-state index contributed by atoms with van der Waals surface area (Å²) in [5.74, 6) is 0. The maximum absolute atomic E-state index is 6.48. The van der Waals surface area contributed by atoms with Gasteiger partial charge in [0.25, 0.3) is 0 Å². The second-order valence-electron chi connectivity index (χ2n) is 12.6. The summed E-state index contributed by atoms with van der Waals surface area (Å²) in [4.78, 5) is 2.41. The Labute approximate surface area is 262 Å². The van der Waals surface area contributed by atoms with E-state index in [0.29, 0.717) is 0 Å². The topological polar surface area (TPSA) is 16.4 Å². The van der Waals surface area contributed by atoms with Crippen LogP contribution in [0.4, 0.5) is 17.1 Å². The molecule has 7 aromatic carbocycles. The number of hydrogen-bond donors (Lipinski definition) is 0. The predicted molar refractivity (Wildman–Crippen MR) is 189 cm³/mol. The highest BCUT2D eigenvalue weighted by atomic mass is 16.3. The van der Waals surface area contributed by atoms with E-state index in [1.165, 1.54) is 33.4 Å². The van der Waals surface area contributed by atoms with Crippen molar-refractivity contribution in [2.75, 3.05) is 4.90 Å². The van der Waals surface area contributed by atoms with E-state index in [0.717, 1.165) is 49.8 Å². The average molecular weight is 578 g/mol. The highest BCUT2D eigenvalue weighted by molar-refractivity contribution is 6.17. The highest BCUT2D eigenvalue weighted by Gasteiger charge is 2.35. The molecule has 0 saturated heterocycles. The molecule has 0 unspecified atom stereocenters. The maximum atomic E-state index is 6.48. The van der Waals surface area contributed by atoms with Crippen LogP contribution in [0, 0.1) is 0 Å². The largest absolute Gasteiger partial charge is 0.455 e. The van der Waals surface area contributed by atoms with E-state index in [1.807, 2.05) is 6.07 Å². The van der Waals surface area contributed by atoms with Gasteiger partial charge < -0.3 is 9.32 Å². The standard InChI is InChI=1S/C43H31NO/c1-43(2)38-16-8-6-13-32(38)33-24-23-31(27-39(33)43)44(30-21-19-29(20-22-30)28-11-4-3-5-12-28)40-17-10-15-36-34(40)25-26-37-35-14-7-9-18-41(35)45-42(36)37/h3-27H,1-2H3. The van der Waals surface area contributed by atoms with Crippen molar-refractivity contribution in [1.82, 2.24) is 0 Å². The summed E-state index contributed by atoms with van der Waals surface area (Å²) in [6.07, 6.45) is 0. The first-order valence-corrected chi connectivity index (χ1v) is 15.6. The molecule has 214 valence electrons. The lowest BCUT2D eigenvalue weighted by atomic mass is 9.82. The van der Waals surface area contributed by atoms with E-state index in [4.69, 9.17) is 4.42 Å². The second-order valence-corrected chi connectivity index (χ2v) is 12.6. The van der Waals surface area contributed by atoms with Gasteiger partial charge >= 0.3 is 0 Å². The number of nitrogens with zero attached hydrogens (tertiary/aromatic N) is 1. The van der Waals surface area contributed by atoms with Gasteiger partial charge in [0, 0.05) is 38.3 Å². The molecule has 0 saturated carbocycles. The van der Waals surface area contributed by atoms with E-state index < -0.39 is 0 Å². The minimum atomic E-state index is -0.0933. The van der Waals surface area contributed by atoms with Gasteiger partial charge in [-0.2, -0.15) is 0 Å². The molecule has 0 spiro atoms. The SMILES string of the molecule is CC1(C)c2ccccc2-c2ccc(N(c3ccc(-c4ccccc4)cc3)c3cccc4c3ccc3c5ccccc5oc43)cc21. The molecule has 1 aliphatic rings. The number of para-hydroxylation sites is 1. The van der Waals surface area contributed by atoms with Crippen LogP contribution < -0.4 is 4.90 Å². The van der Waals surface area contributed by atoms with E-state index in [2.05, 4.69) is 164 Å². The van der Waals surface area contributed by atoms with Gasteiger partial charge in [-0.1, -0.05) is 123 Å². The van der Waals surface area contributed by atoms with Crippen LogP contribution in [-0.2, 0) is 5.41 Å². The zero-order valence-electron chi connectivity index (χ0n) is 25.3. The zero-order valence-corrected chi connectivity index (χ0v) is 25.3. The second kappa shape index (κ2) is 9.70. The predicted octanol–water partition coefficient (Wildman–Crippen LogP) is 12.2. The minimum Gasteiger partial charge on any atom is -0.455 e. The molecule has 45 heavy (non-hydrogen) atoms. The summed E-state index contributed by atoms with van der Waals surface area (Å²) in [5, 5.41) is 4.56. The Morgan fingerprint density at radius 2 is 1.11 bits per heavy atom. The number of anilines is 3. The first-order valence-electron chi connectivity index (χ1n) is 15.6. The lowest BCUT2D eigenvalue weighted by Gasteiger charge is -2.29. The van der Waals surface area contributed by atoms with Crippen molar-refractivity contribution in [2.45, 2.75) is 19.3 Å². The molecule has 8 aromatic rings. The molecule has 0 aliphatic heterocycles. The van der Waals surface area contributed by atoms with Crippen LogP contribution in [-0.4, -0.2) is 0 Å². The van der Waals surface area contributed by atoms with Crippen LogP contribution in [0.25, 0.3) is 55.0 Å². The van der Waals surface area contributed by atoms with Crippen molar-refractivity contribution < 1.29 is 4.42 Å². The van der Waals surface area contributed by atoms with Gasteiger partial charge in [-0.25, -0.2) is 0 Å². The minimum absolute atomic E-state index is 0.0933. The number of hydrogen-bond acceptors (Lipinski definition) is 2. The molecule has 0 radical (unpaired) electrons. The number of benzene rings is 7. The van der Waals surface area contributed by atoms with Crippen LogP contribution in [0.1, 0.15) is 25.0 Å². The Balaban J connectivity index is 1.27. The molecule has 2 heteroatoms. The fourth-order valence-corrected chi connectivity index (χ4v) is 7.41. The smallest absolute Gasteiger partial charge is 0.143 e. The molecule has 9 rings (SSSR count). The first-order chi connectivity index (χ1) is 22.1. The van der Waals surface area contributed by atoms with Crippen LogP contribution in [0.5, 0.6) is 0 Å². The third kappa shape index (κ3) is 3.89. The van der Waals surface area contributed by atoms with Crippen molar-refractivity contribution in [3.63, 3.8) is 0 Å². The molecule has 2 nitrogen and oxygen atoms in total. The van der Waals surface area contributed by atoms with Crippen LogP contribution in [0.2, 0.25) is 0 Å². The van der Waals surface area contributed by atoms with E-state index in [1.54, 1.807) is 0 Å². The van der Waals surface area contributed by atoms with Crippen molar-refractivity contribution in [1.29, 1.82) is 0 Å². The molecule has 0 amide bonds. The maximum Gasteiger partial charge on any atom is 0.143 e. The Hall–Kier alpha value is -5.60. The molecule has 0 bridgehead atoms. The lowest BCUT2D eigenvalue weighted by Crippen LogP contribution is -2.16. The summed E-state index contributed by atoms with van der Waals surface area (Å²) in [6.45, 7) is 4.69. The zero-order chi connectivity index (χ0) is 30.1. The van der Waals surface area contributed by atoms with Crippen molar-refractivity contribution in [2.24, 2.45) is 0 Å². The lowest BCUT2D eigenvalue weighted by molar-refractivity contribution is 0.660. The molecule has 0 fully saturated rings. The third-order valence-corrected chi connectivity index (χ3v) is 9.68. The van der Waals surface area contributed by atoms with Gasteiger partial charge in [-0.3, -0.25) is 0 Å². The monoisotopic (exact) mass is 577 g/mol. The summed E-state index contributed by atoms with van der Waals surface area (Å²) < 4.78 is 6.48. The van der Waals surface area contributed by atoms with E-state index >= 15 is 0 Å². The molecule has 0 N–H and O–H groups in total. The number of fused-ring (bicyclic) bond motifs is 8. The molecular formula is C43H31NO. The Bertz CT molecular complexity index is 2400. The molecule has 1 heterocycles. The Morgan fingerprint density at radius 3 is 1.98 bits per heavy atom. The van der Waals surface area contributed by atoms with Crippen LogP contribution >= 0.6 is 0 Å². The summed E-state index contributed by atoms with van der Waals surface area (Å²) in [5.41, 5.74) is 12.9. The normalized spacial score (nSPS) is 13.3. The van der Waals surface area contributed by atoms with E-state index in [9.17, 15) is 0 Å². The van der Waals surface area contributed by atoms with Gasteiger partial charge in [-0.15, -0.1) is 0 Å². The van der Waals surface area contributed by atoms with Crippen molar-refractivity contribution in [3.8, 4) is 22.3 Å². The highest BCUT2D eigenvalue weighted by Crippen LogP contribution is 2.51. The molecular weight excluding hydrogens is 546 g/mol. The molecule has 1 aliphatic carbocycles. The van der Waals surface area contributed by atoms with Gasteiger partial charge in [0.05, 0.1) is 5.69 Å². The van der Waals surface area contributed by atoms with Gasteiger partial charge in [-0.05, 0) is 75.8 Å². The number of furan rings is 1. The van der Waals surface area contributed by atoms with E-state index in [-0.39, 0.29) is 5.41 Å². The van der Waals surface area contributed by atoms with Gasteiger partial charge in [0.2, 0.25) is 0 Å². The van der Waals surface area contributed by atoms with Crippen LogP contribution in [0.15, 0.2) is 156 Å².